The van der Waals surface area contributed by atoms with E-state index in [0.29, 0.717) is 5.39 Å². The molecule has 2 rings (SSSR count). The summed E-state index contributed by atoms with van der Waals surface area (Å²) in [6.07, 6.45) is 0.399. The average Bonchev–Trinajstić information content (AvgIpc) is 2.38. The number of rotatable bonds is 4. The minimum Gasteiger partial charge on any atom is -0.479 e. The third-order valence-corrected chi connectivity index (χ3v) is 2.56. The van der Waals surface area contributed by atoms with E-state index in [-0.39, 0.29) is 17.0 Å². The van der Waals surface area contributed by atoms with E-state index in [2.05, 4.69) is 4.98 Å². The Kier molecular flexibility index (Phi) is 3.28. The topological polar surface area (TPSA) is 103 Å². The van der Waals surface area contributed by atoms with Crippen molar-refractivity contribution in [1.29, 1.82) is 0 Å². The van der Waals surface area contributed by atoms with Crippen molar-refractivity contribution < 1.29 is 19.6 Å². The number of carboxylic acids is 1. The van der Waals surface area contributed by atoms with Gasteiger partial charge in [-0.1, -0.05) is 0 Å². The highest BCUT2D eigenvalue weighted by Crippen LogP contribution is 2.31. The molecular formula is C12H10N2O5. The van der Waals surface area contributed by atoms with Crippen LogP contribution in [0.4, 0.5) is 5.69 Å². The van der Waals surface area contributed by atoms with Crippen molar-refractivity contribution in [2.24, 2.45) is 0 Å². The van der Waals surface area contributed by atoms with Gasteiger partial charge in [-0.05, 0) is 25.1 Å². The summed E-state index contributed by atoms with van der Waals surface area (Å²) >= 11 is 0. The lowest BCUT2D eigenvalue weighted by Crippen LogP contribution is -2.23. The summed E-state index contributed by atoms with van der Waals surface area (Å²) in [6, 6.07) is 5.74. The summed E-state index contributed by atoms with van der Waals surface area (Å²) in [4.78, 5) is 25.2. The molecule has 1 heterocycles. The van der Waals surface area contributed by atoms with Gasteiger partial charge < -0.3 is 9.84 Å². The Hall–Kier alpha value is -2.70. The van der Waals surface area contributed by atoms with Crippen LogP contribution >= 0.6 is 0 Å². The van der Waals surface area contributed by atoms with E-state index in [4.69, 9.17) is 9.84 Å². The second kappa shape index (κ2) is 4.89. The molecule has 0 saturated heterocycles. The van der Waals surface area contributed by atoms with Crippen molar-refractivity contribution >= 4 is 22.6 Å². The molecule has 0 fully saturated rings. The fourth-order valence-electron chi connectivity index (χ4n) is 1.63. The fourth-order valence-corrected chi connectivity index (χ4v) is 1.63. The normalized spacial score (nSPS) is 12.1. The number of carboxylic acid groups (broad SMARTS) is 1. The zero-order chi connectivity index (χ0) is 14.0. The smallest absolute Gasteiger partial charge is 0.344 e. The minimum atomic E-state index is -1.12. The Labute approximate surface area is 107 Å². The van der Waals surface area contributed by atoms with Gasteiger partial charge in [0.15, 0.2) is 6.10 Å². The molecule has 0 aliphatic carbocycles. The second-order valence-corrected chi connectivity index (χ2v) is 3.84. The number of non-ortho nitro benzene ring substituents is 1. The van der Waals surface area contributed by atoms with Gasteiger partial charge in [-0.2, -0.15) is 0 Å². The highest BCUT2D eigenvalue weighted by molar-refractivity contribution is 5.92. The summed E-state index contributed by atoms with van der Waals surface area (Å²) < 4.78 is 5.24. The molecule has 0 saturated carbocycles. The first-order valence-electron chi connectivity index (χ1n) is 5.42. The molecule has 7 nitrogen and oxygen atoms in total. The Morgan fingerprint density at radius 2 is 2.21 bits per heavy atom. The number of hydrogen-bond acceptors (Lipinski definition) is 5. The number of ether oxygens (including phenoxy) is 1. The second-order valence-electron chi connectivity index (χ2n) is 3.84. The van der Waals surface area contributed by atoms with E-state index in [0.717, 1.165) is 0 Å². The van der Waals surface area contributed by atoms with Gasteiger partial charge in [0, 0.05) is 12.3 Å². The lowest BCUT2D eigenvalue weighted by Gasteiger charge is -2.11. The molecule has 1 aromatic carbocycles. The fraction of sp³-hybridized carbons (Fsp3) is 0.167. The van der Waals surface area contributed by atoms with Crippen molar-refractivity contribution in [1.82, 2.24) is 4.98 Å². The first kappa shape index (κ1) is 12.7. The maximum atomic E-state index is 10.9. The SMILES string of the molecule is C[C@@H](Oc1ccc([N+](=O)[O-])c2cccnc12)C(=O)O. The number of nitrogens with zero attached hydrogens (tertiary/aromatic N) is 2. The minimum absolute atomic E-state index is 0.0987. The molecule has 7 heteroatoms. The third kappa shape index (κ3) is 2.44. The van der Waals surface area contributed by atoms with Gasteiger partial charge in [0.05, 0.1) is 10.3 Å². The van der Waals surface area contributed by atoms with E-state index in [1.807, 2.05) is 0 Å². The van der Waals surface area contributed by atoms with Crippen molar-refractivity contribution in [3.63, 3.8) is 0 Å². The predicted octanol–water partition coefficient (Wildman–Crippen LogP) is 1.99. The third-order valence-electron chi connectivity index (χ3n) is 2.56. The van der Waals surface area contributed by atoms with Crippen LogP contribution in [0, 0.1) is 10.1 Å². The Morgan fingerprint density at radius 3 is 2.84 bits per heavy atom. The highest BCUT2D eigenvalue weighted by Gasteiger charge is 2.19. The molecule has 0 aliphatic rings. The van der Waals surface area contributed by atoms with Gasteiger partial charge in [0.1, 0.15) is 11.3 Å². The maximum Gasteiger partial charge on any atom is 0.344 e. The van der Waals surface area contributed by atoms with Gasteiger partial charge in [0.25, 0.3) is 5.69 Å². The number of aliphatic carboxylic acids is 1. The first-order chi connectivity index (χ1) is 9.00. The average molecular weight is 262 g/mol. The maximum absolute atomic E-state index is 10.9. The van der Waals surface area contributed by atoms with Crippen molar-refractivity contribution in [2.75, 3.05) is 0 Å². The standard InChI is InChI=1S/C12H10N2O5/c1-7(12(15)16)19-10-5-4-9(14(17)18)8-3-2-6-13-11(8)10/h2-7H,1H3,(H,15,16)/t7-/m1/s1. The first-order valence-corrected chi connectivity index (χ1v) is 5.42. The zero-order valence-electron chi connectivity index (χ0n) is 9.94. The number of benzene rings is 1. The summed E-state index contributed by atoms with van der Waals surface area (Å²) in [5.41, 5.74) is 0.170. The van der Waals surface area contributed by atoms with Crippen molar-refractivity contribution in [3.05, 3.63) is 40.6 Å². The molecule has 1 aromatic heterocycles. The van der Waals surface area contributed by atoms with Gasteiger partial charge >= 0.3 is 5.97 Å². The van der Waals surface area contributed by atoms with Crippen LogP contribution in [-0.4, -0.2) is 27.1 Å². The largest absolute Gasteiger partial charge is 0.479 e. The van der Waals surface area contributed by atoms with Crippen LogP contribution in [-0.2, 0) is 4.79 Å². The van der Waals surface area contributed by atoms with Gasteiger partial charge in [0.2, 0.25) is 0 Å². The number of hydrogen-bond donors (Lipinski definition) is 1. The zero-order valence-corrected chi connectivity index (χ0v) is 9.94. The summed E-state index contributed by atoms with van der Waals surface area (Å²) in [5, 5.41) is 20.0. The van der Waals surface area contributed by atoms with E-state index in [1.54, 1.807) is 12.1 Å². The lowest BCUT2D eigenvalue weighted by atomic mass is 10.1. The lowest BCUT2D eigenvalue weighted by molar-refractivity contribution is -0.383. The van der Waals surface area contributed by atoms with Gasteiger partial charge in [-0.3, -0.25) is 15.1 Å². The number of aromatic nitrogens is 1. The number of carbonyl (C=O) groups is 1. The van der Waals surface area contributed by atoms with Crippen LogP contribution in [0.25, 0.3) is 10.9 Å². The predicted molar refractivity (Wildman–Crippen MR) is 66.1 cm³/mol. The molecule has 1 atom stereocenters. The Bertz CT molecular complexity index is 656. The number of nitro groups is 1. The van der Waals surface area contributed by atoms with Crippen LogP contribution in [0.15, 0.2) is 30.5 Å². The van der Waals surface area contributed by atoms with Crippen LogP contribution in [0.3, 0.4) is 0 Å². The molecule has 0 aliphatic heterocycles. The Balaban J connectivity index is 2.55. The molecule has 0 radical (unpaired) electrons. The van der Waals surface area contributed by atoms with Crippen LogP contribution in [0.2, 0.25) is 0 Å². The van der Waals surface area contributed by atoms with Crippen LogP contribution in [0.5, 0.6) is 5.75 Å². The van der Waals surface area contributed by atoms with E-state index in [1.165, 1.54) is 25.3 Å². The van der Waals surface area contributed by atoms with Gasteiger partial charge in [-0.15, -0.1) is 0 Å². The molecule has 2 aromatic rings. The quantitative estimate of drug-likeness (QED) is 0.667. The van der Waals surface area contributed by atoms with Crippen molar-refractivity contribution in [3.8, 4) is 5.75 Å². The highest BCUT2D eigenvalue weighted by atomic mass is 16.6. The van der Waals surface area contributed by atoms with Gasteiger partial charge in [-0.25, -0.2) is 4.79 Å². The van der Waals surface area contributed by atoms with Crippen LogP contribution in [0.1, 0.15) is 6.92 Å². The summed E-state index contributed by atoms with van der Waals surface area (Å²) in [7, 11) is 0. The molecule has 0 unspecified atom stereocenters. The molecule has 0 bridgehead atoms. The Morgan fingerprint density at radius 1 is 1.47 bits per heavy atom. The number of pyridine rings is 1. The molecule has 0 spiro atoms. The number of fused-ring (bicyclic) bond motifs is 1. The summed E-state index contributed by atoms with van der Waals surface area (Å²) in [5.74, 6) is -0.918. The summed E-state index contributed by atoms with van der Waals surface area (Å²) in [6.45, 7) is 1.37. The molecule has 98 valence electrons. The molecular weight excluding hydrogens is 252 g/mol. The monoisotopic (exact) mass is 262 g/mol. The van der Waals surface area contributed by atoms with Crippen molar-refractivity contribution in [2.45, 2.75) is 13.0 Å². The van der Waals surface area contributed by atoms with Crippen LogP contribution < -0.4 is 4.74 Å². The van der Waals surface area contributed by atoms with E-state index in [9.17, 15) is 14.9 Å². The molecule has 1 N–H and O–H groups in total. The van der Waals surface area contributed by atoms with E-state index < -0.39 is 17.0 Å². The molecule has 19 heavy (non-hydrogen) atoms. The van der Waals surface area contributed by atoms with E-state index >= 15 is 0 Å². The molecule has 0 amide bonds. The number of nitro benzene ring substituents is 1.